The van der Waals surface area contributed by atoms with Gasteiger partial charge in [-0.25, -0.2) is 0 Å². The highest BCUT2D eigenvalue weighted by atomic mass is 16.7. The summed E-state index contributed by atoms with van der Waals surface area (Å²) in [7, 11) is 3.00. The van der Waals surface area contributed by atoms with Gasteiger partial charge in [-0.2, -0.15) is 0 Å². The summed E-state index contributed by atoms with van der Waals surface area (Å²) < 4.78 is 15.1. The Bertz CT molecular complexity index is 477. The fourth-order valence-electron chi connectivity index (χ4n) is 2.32. The summed E-state index contributed by atoms with van der Waals surface area (Å²) in [4.78, 5) is 13.6. The van der Waals surface area contributed by atoms with Gasteiger partial charge in [-0.3, -0.25) is 4.79 Å². The lowest BCUT2D eigenvalue weighted by Crippen LogP contribution is -2.71. The van der Waals surface area contributed by atoms with Crippen molar-refractivity contribution in [3.8, 4) is 5.75 Å². The van der Waals surface area contributed by atoms with Crippen molar-refractivity contribution in [2.75, 3.05) is 32.5 Å². The molecule has 3 atom stereocenters. The maximum absolute atomic E-state index is 12.2. The predicted molar refractivity (Wildman–Crippen MR) is 74.1 cm³/mol. The molecule has 1 aromatic carbocycles. The van der Waals surface area contributed by atoms with Gasteiger partial charge in [0, 0.05) is 12.8 Å². The molecule has 2 N–H and O–H groups in total. The summed E-state index contributed by atoms with van der Waals surface area (Å²) in [5, 5.41) is 19.1. The van der Waals surface area contributed by atoms with Crippen LogP contribution < -0.4 is 9.64 Å². The van der Waals surface area contributed by atoms with Crippen LogP contribution in [0, 0.1) is 0 Å². The molecule has 1 heterocycles. The van der Waals surface area contributed by atoms with Gasteiger partial charge < -0.3 is 29.3 Å². The van der Waals surface area contributed by atoms with Gasteiger partial charge in [0.2, 0.25) is 0 Å². The lowest BCUT2D eigenvalue weighted by atomic mass is 9.91. The molecular weight excluding hydrogens is 278 g/mol. The number of nitrogens with zero attached hydrogens (tertiary/aromatic N) is 1. The quantitative estimate of drug-likeness (QED) is 0.533. The van der Waals surface area contributed by atoms with E-state index in [1.54, 1.807) is 31.4 Å². The van der Waals surface area contributed by atoms with Crippen LogP contribution in [0.5, 0.6) is 5.75 Å². The Morgan fingerprint density at radius 1 is 1.29 bits per heavy atom. The first-order chi connectivity index (χ1) is 10.1. The van der Waals surface area contributed by atoms with Crippen molar-refractivity contribution >= 4 is 11.6 Å². The first kappa shape index (κ1) is 15.7. The molecule has 1 aliphatic rings. The summed E-state index contributed by atoms with van der Waals surface area (Å²) in [6.07, 6.45) is -1.92. The molecule has 1 aliphatic heterocycles. The molecule has 1 aromatic rings. The topological polar surface area (TPSA) is 88.5 Å². The summed E-state index contributed by atoms with van der Waals surface area (Å²) >= 11 is 0. The number of amides is 1. The van der Waals surface area contributed by atoms with E-state index in [0.717, 1.165) is 0 Å². The van der Waals surface area contributed by atoms with E-state index in [9.17, 15) is 9.90 Å². The Kier molecular flexibility index (Phi) is 5.13. The Hall–Kier alpha value is -1.67. The molecule has 0 aliphatic carbocycles. The van der Waals surface area contributed by atoms with Crippen molar-refractivity contribution in [1.29, 1.82) is 0 Å². The minimum absolute atomic E-state index is 0.0541. The molecule has 0 saturated carbocycles. The second kappa shape index (κ2) is 6.86. The molecule has 1 saturated heterocycles. The molecular formula is C14H19NO6. The average molecular weight is 297 g/mol. The zero-order valence-corrected chi connectivity index (χ0v) is 11.9. The van der Waals surface area contributed by atoms with Crippen LogP contribution in [-0.4, -0.2) is 62.0 Å². The molecule has 0 aromatic heterocycles. The summed E-state index contributed by atoms with van der Waals surface area (Å²) in [5.41, 5.74) is 0.607. The number of benzene rings is 1. The third-order valence-corrected chi connectivity index (χ3v) is 3.39. The van der Waals surface area contributed by atoms with Crippen molar-refractivity contribution in [2.24, 2.45) is 0 Å². The number of aliphatic hydroxyl groups is 2. The molecule has 21 heavy (non-hydrogen) atoms. The lowest BCUT2D eigenvalue weighted by molar-refractivity contribution is -0.161. The van der Waals surface area contributed by atoms with Crippen molar-refractivity contribution < 1.29 is 29.2 Å². The number of carbonyl (C=O) groups is 1. The van der Waals surface area contributed by atoms with E-state index in [2.05, 4.69) is 0 Å². The van der Waals surface area contributed by atoms with Crippen LogP contribution in [0.2, 0.25) is 0 Å². The van der Waals surface area contributed by atoms with Gasteiger partial charge in [0.15, 0.2) is 6.10 Å². The molecule has 2 unspecified atom stereocenters. The first-order valence-corrected chi connectivity index (χ1v) is 6.50. The van der Waals surface area contributed by atoms with E-state index in [-0.39, 0.29) is 12.7 Å². The standard InChI is InChI=1S/C14H19NO6/c1-19-8-21-13-12(11(17)7-16)15(14(13)18)9-3-5-10(20-2)6-4-9/h3-6,11-13,16-17H,7-8H2,1-2H3/t11-,12?,13?/m1/s1. The van der Waals surface area contributed by atoms with Crippen LogP contribution in [0.15, 0.2) is 24.3 Å². The Balaban J connectivity index is 2.18. The van der Waals surface area contributed by atoms with Gasteiger partial charge in [-0.15, -0.1) is 0 Å². The van der Waals surface area contributed by atoms with Gasteiger partial charge in [-0.1, -0.05) is 0 Å². The maximum Gasteiger partial charge on any atom is 0.258 e. The summed E-state index contributed by atoms with van der Waals surface area (Å²) in [6, 6.07) is 6.20. The van der Waals surface area contributed by atoms with Gasteiger partial charge in [0.25, 0.3) is 5.91 Å². The fourth-order valence-corrected chi connectivity index (χ4v) is 2.32. The number of β-lactam (4-membered cyclic amide) rings is 1. The molecule has 7 heteroatoms. The fraction of sp³-hybridized carbons (Fsp3) is 0.500. The van der Waals surface area contributed by atoms with Crippen molar-refractivity contribution in [3.05, 3.63) is 24.3 Å². The number of methoxy groups -OCH3 is 2. The minimum atomic E-state index is -1.09. The number of aliphatic hydroxyl groups excluding tert-OH is 2. The number of anilines is 1. The second-order valence-electron chi connectivity index (χ2n) is 4.64. The van der Waals surface area contributed by atoms with Crippen LogP contribution in [-0.2, 0) is 14.3 Å². The van der Waals surface area contributed by atoms with Crippen molar-refractivity contribution in [2.45, 2.75) is 18.2 Å². The molecule has 1 fully saturated rings. The van der Waals surface area contributed by atoms with E-state index in [1.165, 1.54) is 12.0 Å². The number of ether oxygens (including phenoxy) is 3. The van der Waals surface area contributed by atoms with Crippen LogP contribution in [0.3, 0.4) is 0 Å². The Labute approximate surface area is 122 Å². The first-order valence-electron chi connectivity index (χ1n) is 6.50. The van der Waals surface area contributed by atoms with E-state index in [4.69, 9.17) is 19.3 Å². The van der Waals surface area contributed by atoms with E-state index >= 15 is 0 Å². The van der Waals surface area contributed by atoms with Crippen LogP contribution in [0.4, 0.5) is 5.69 Å². The zero-order valence-electron chi connectivity index (χ0n) is 11.9. The number of carbonyl (C=O) groups excluding carboxylic acids is 1. The van der Waals surface area contributed by atoms with Crippen molar-refractivity contribution in [1.82, 2.24) is 0 Å². The van der Waals surface area contributed by atoms with Crippen LogP contribution >= 0.6 is 0 Å². The number of rotatable bonds is 7. The molecule has 0 radical (unpaired) electrons. The predicted octanol–water partition coefficient (Wildman–Crippen LogP) is -0.247. The Morgan fingerprint density at radius 2 is 1.95 bits per heavy atom. The van der Waals surface area contributed by atoms with Crippen LogP contribution in [0.1, 0.15) is 0 Å². The average Bonchev–Trinajstić information content (AvgIpc) is 2.52. The molecule has 0 spiro atoms. The highest BCUT2D eigenvalue weighted by Gasteiger charge is 2.52. The molecule has 116 valence electrons. The highest BCUT2D eigenvalue weighted by Crippen LogP contribution is 2.33. The van der Waals surface area contributed by atoms with Gasteiger partial charge >= 0.3 is 0 Å². The summed E-state index contributed by atoms with van der Waals surface area (Å²) in [6.45, 7) is -0.515. The molecule has 0 bridgehead atoms. The monoisotopic (exact) mass is 297 g/mol. The van der Waals surface area contributed by atoms with Gasteiger partial charge in [0.1, 0.15) is 24.7 Å². The largest absolute Gasteiger partial charge is 0.497 e. The van der Waals surface area contributed by atoms with Gasteiger partial charge in [0.05, 0.1) is 13.7 Å². The van der Waals surface area contributed by atoms with Gasteiger partial charge in [-0.05, 0) is 24.3 Å². The van der Waals surface area contributed by atoms with E-state index in [0.29, 0.717) is 11.4 Å². The minimum Gasteiger partial charge on any atom is -0.497 e. The number of hydrogen-bond donors (Lipinski definition) is 2. The summed E-state index contributed by atoms with van der Waals surface area (Å²) in [5.74, 6) is 0.382. The van der Waals surface area contributed by atoms with E-state index < -0.39 is 24.9 Å². The zero-order chi connectivity index (χ0) is 15.4. The smallest absolute Gasteiger partial charge is 0.258 e. The third-order valence-electron chi connectivity index (χ3n) is 3.39. The highest BCUT2D eigenvalue weighted by molar-refractivity contribution is 6.05. The Morgan fingerprint density at radius 3 is 2.48 bits per heavy atom. The lowest BCUT2D eigenvalue weighted by Gasteiger charge is -2.48. The molecule has 1 amide bonds. The normalized spacial score (nSPS) is 22.9. The second-order valence-corrected chi connectivity index (χ2v) is 4.64. The number of hydrogen-bond acceptors (Lipinski definition) is 6. The third kappa shape index (κ3) is 3.01. The molecule has 7 nitrogen and oxygen atoms in total. The maximum atomic E-state index is 12.2. The van der Waals surface area contributed by atoms with E-state index in [1.807, 2.05) is 0 Å². The molecule has 2 rings (SSSR count). The SMILES string of the molecule is COCOC1C(=O)N(c2ccc(OC)cc2)C1[C@H](O)CO. The van der Waals surface area contributed by atoms with Crippen molar-refractivity contribution in [3.63, 3.8) is 0 Å². The van der Waals surface area contributed by atoms with Crippen LogP contribution in [0.25, 0.3) is 0 Å².